The van der Waals surface area contributed by atoms with E-state index < -0.39 is 23.8 Å². The van der Waals surface area contributed by atoms with Gasteiger partial charge in [-0.25, -0.2) is 8.78 Å². The minimum Gasteiger partial charge on any atom is -0.258 e. The predicted molar refractivity (Wildman–Crippen MR) is 64.8 cm³/mol. The molecule has 1 heterocycles. The van der Waals surface area contributed by atoms with Gasteiger partial charge >= 0.3 is 0 Å². The molecule has 0 amide bonds. The molecule has 0 fully saturated rings. The summed E-state index contributed by atoms with van der Waals surface area (Å²) in [5.41, 5.74) is -0.107. The Bertz CT molecular complexity index is 672. The van der Waals surface area contributed by atoms with Gasteiger partial charge in [0.15, 0.2) is 0 Å². The molecule has 1 aromatic heterocycles. The quantitative estimate of drug-likeness (QED) is 0.636. The molecule has 0 aliphatic carbocycles. The summed E-state index contributed by atoms with van der Waals surface area (Å²) >= 11 is 3.05. The van der Waals surface area contributed by atoms with E-state index in [1.54, 1.807) is 0 Å². The molecule has 0 saturated carbocycles. The average molecular weight is 338 g/mol. The van der Waals surface area contributed by atoms with Crippen LogP contribution in [0.5, 0.6) is 0 Å². The number of hydrogen-bond donors (Lipinski definition) is 0. The second-order valence-electron chi connectivity index (χ2n) is 3.85. The van der Waals surface area contributed by atoms with Gasteiger partial charge in [-0.3, -0.25) is 14.8 Å². The highest BCUT2D eigenvalue weighted by Crippen LogP contribution is 2.35. The molecule has 0 unspecified atom stereocenters. The summed E-state index contributed by atoms with van der Waals surface area (Å²) in [5.74, 6) is -0.944. The van der Waals surface area contributed by atoms with Gasteiger partial charge in [0.05, 0.1) is 15.8 Å². The molecule has 0 saturated heterocycles. The number of nitro groups is 1. The topological polar surface area (TPSA) is 61.0 Å². The maximum Gasteiger partial charge on any atom is 0.275 e. The molecular weight excluding hydrogens is 331 g/mol. The molecule has 19 heavy (non-hydrogen) atoms. The molecule has 0 spiro atoms. The Morgan fingerprint density at radius 3 is 2.74 bits per heavy atom. The molecule has 0 aliphatic rings. The number of fused-ring (bicyclic) bond motifs is 1. The zero-order valence-electron chi connectivity index (χ0n) is 9.53. The smallest absolute Gasteiger partial charge is 0.258 e. The number of aromatic nitrogens is 2. The molecule has 0 radical (unpaired) electrons. The third-order valence-electron chi connectivity index (χ3n) is 2.66. The lowest BCUT2D eigenvalue weighted by Crippen LogP contribution is -2.08. The fourth-order valence-corrected chi connectivity index (χ4v) is 2.36. The summed E-state index contributed by atoms with van der Waals surface area (Å²) in [5, 5.41) is 14.2. The first-order chi connectivity index (χ1) is 8.82. The molecule has 9 heteroatoms. The van der Waals surface area contributed by atoms with Crippen LogP contribution in [0.25, 0.3) is 10.9 Å². The summed E-state index contributed by atoms with van der Waals surface area (Å²) in [7, 11) is 0. The normalized spacial score (nSPS) is 11.5. The van der Waals surface area contributed by atoms with E-state index in [0.717, 1.165) is 10.7 Å². The highest BCUT2D eigenvalue weighted by atomic mass is 79.9. The molecule has 0 N–H and O–H groups in total. The van der Waals surface area contributed by atoms with E-state index in [4.69, 9.17) is 0 Å². The molecule has 5 nitrogen and oxygen atoms in total. The summed E-state index contributed by atoms with van der Waals surface area (Å²) in [6, 6.07) is 1.05. The lowest BCUT2D eigenvalue weighted by Gasteiger charge is -2.05. The first kappa shape index (κ1) is 13.8. The van der Waals surface area contributed by atoms with Crippen molar-refractivity contribution in [2.24, 2.45) is 0 Å². The van der Waals surface area contributed by atoms with Crippen molar-refractivity contribution >= 4 is 32.5 Å². The second kappa shape index (κ2) is 4.80. The summed E-state index contributed by atoms with van der Waals surface area (Å²) in [4.78, 5) is 10.2. The van der Waals surface area contributed by atoms with E-state index in [1.165, 1.54) is 6.92 Å². The maximum atomic E-state index is 13.7. The van der Waals surface area contributed by atoms with Gasteiger partial charge in [-0.05, 0) is 22.9 Å². The summed E-state index contributed by atoms with van der Waals surface area (Å²) < 4.78 is 39.3. The number of halogens is 4. The van der Waals surface area contributed by atoms with Gasteiger partial charge in [0.1, 0.15) is 6.54 Å². The van der Waals surface area contributed by atoms with Crippen LogP contribution in [0.15, 0.2) is 10.5 Å². The number of rotatable bonds is 3. The standard InChI is InChI=1S/C10H7BrF3N3O2/c1-4-5(17(18)19)2-6-8(9(4)11)10(14)15-16(6)3-7(12)13/h2,7H,3H2,1H3. The minimum absolute atomic E-state index is 0.0382. The molecule has 1 aromatic carbocycles. The van der Waals surface area contributed by atoms with Crippen molar-refractivity contribution in [1.82, 2.24) is 9.78 Å². The molecular formula is C10H7BrF3N3O2. The number of benzene rings is 1. The van der Waals surface area contributed by atoms with Crippen LogP contribution in [-0.4, -0.2) is 21.1 Å². The Labute approximate surface area is 113 Å². The monoisotopic (exact) mass is 337 g/mol. The van der Waals surface area contributed by atoms with Crippen LogP contribution in [0.2, 0.25) is 0 Å². The Morgan fingerprint density at radius 1 is 1.58 bits per heavy atom. The molecule has 2 rings (SSSR count). The Morgan fingerprint density at radius 2 is 2.21 bits per heavy atom. The van der Waals surface area contributed by atoms with Gasteiger partial charge in [-0.15, -0.1) is 5.10 Å². The van der Waals surface area contributed by atoms with Crippen LogP contribution >= 0.6 is 15.9 Å². The van der Waals surface area contributed by atoms with E-state index in [2.05, 4.69) is 21.0 Å². The zero-order chi connectivity index (χ0) is 14.3. The fourth-order valence-electron chi connectivity index (χ4n) is 1.79. The maximum absolute atomic E-state index is 13.7. The van der Waals surface area contributed by atoms with Crippen molar-refractivity contribution in [3.8, 4) is 0 Å². The van der Waals surface area contributed by atoms with Crippen LogP contribution in [-0.2, 0) is 6.54 Å². The van der Waals surface area contributed by atoms with Gasteiger partial charge in [0.25, 0.3) is 12.1 Å². The van der Waals surface area contributed by atoms with Gasteiger partial charge in [-0.1, -0.05) is 0 Å². The second-order valence-corrected chi connectivity index (χ2v) is 4.64. The lowest BCUT2D eigenvalue weighted by molar-refractivity contribution is -0.385. The van der Waals surface area contributed by atoms with Crippen LogP contribution in [0.4, 0.5) is 18.9 Å². The Balaban J connectivity index is 2.79. The van der Waals surface area contributed by atoms with Crippen LogP contribution in [0, 0.1) is 23.0 Å². The number of nitro benzene ring substituents is 1. The minimum atomic E-state index is -2.73. The van der Waals surface area contributed by atoms with Crippen molar-refractivity contribution in [2.45, 2.75) is 19.9 Å². The lowest BCUT2D eigenvalue weighted by atomic mass is 10.1. The highest BCUT2D eigenvalue weighted by molar-refractivity contribution is 9.10. The largest absolute Gasteiger partial charge is 0.275 e. The average Bonchev–Trinajstić information content (AvgIpc) is 2.59. The van der Waals surface area contributed by atoms with E-state index in [1.807, 2.05) is 0 Å². The molecule has 0 bridgehead atoms. The number of hydrogen-bond acceptors (Lipinski definition) is 3. The van der Waals surface area contributed by atoms with Gasteiger partial charge in [0, 0.05) is 16.1 Å². The van der Waals surface area contributed by atoms with E-state index in [-0.39, 0.29) is 26.6 Å². The van der Waals surface area contributed by atoms with E-state index in [0.29, 0.717) is 0 Å². The van der Waals surface area contributed by atoms with Crippen molar-refractivity contribution in [1.29, 1.82) is 0 Å². The number of nitrogens with zero attached hydrogens (tertiary/aromatic N) is 3. The van der Waals surface area contributed by atoms with Gasteiger partial charge in [0.2, 0.25) is 5.95 Å². The van der Waals surface area contributed by atoms with Gasteiger partial charge in [-0.2, -0.15) is 4.39 Å². The molecule has 0 atom stereocenters. The fraction of sp³-hybridized carbons (Fsp3) is 0.300. The van der Waals surface area contributed by atoms with E-state index >= 15 is 0 Å². The molecule has 2 aromatic rings. The van der Waals surface area contributed by atoms with Crippen molar-refractivity contribution < 1.29 is 18.1 Å². The highest BCUT2D eigenvalue weighted by Gasteiger charge is 2.23. The van der Waals surface area contributed by atoms with Crippen LogP contribution in [0.1, 0.15) is 5.56 Å². The summed E-state index contributed by atoms with van der Waals surface area (Å²) in [6.07, 6.45) is -2.73. The van der Waals surface area contributed by atoms with Crippen molar-refractivity contribution in [3.63, 3.8) is 0 Å². The van der Waals surface area contributed by atoms with Crippen LogP contribution < -0.4 is 0 Å². The Hall–Kier alpha value is -1.64. The van der Waals surface area contributed by atoms with Crippen LogP contribution in [0.3, 0.4) is 0 Å². The number of alkyl halides is 2. The SMILES string of the molecule is Cc1c([N+](=O)[O-])cc2c(c(F)nn2CC(F)F)c1Br. The summed E-state index contributed by atoms with van der Waals surface area (Å²) in [6.45, 7) is 0.610. The Kier molecular flexibility index (Phi) is 3.48. The zero-order valence-corrected chi connectivity index (χ0v) is 11.1. The van der Waals surface area contributed by atoms with E-state index in [9.17, 15) is 23.3 Å². The van der Waals surface area contributed by atoms with Crippen molar-refractivity contribution in [3.05, 3.63) is 32.2 Å². The van der Waals surface area contributed by atoms with Crippen molar-refractivity contribution in [2.75, 3.05) is 0 Å². The predicted octanol–water partition coefficient (Wildman–Crippen LogP) is 3.42. The first-order valence-electron chi connectivity index (χ1n) is 5.10. The molecule has 102 valence electrons. The van der Waals surface area contributed by atoms with Gasteiger partial charge < -0.3 is 0 Å². The third kappa shape index (κ3) is 2.29. The third-order valence-corrected chi connectivity index (χ3v) is 3.65. The molecule has 0 aliphatic heterocycles. The first-order valence-corrected chi connectivity index (χ1v) is 5.90.